The van der Waals surface area contributed by atoms with Gasteiger partial charge in [0.2, 0.25) is 0 Å². The standard InChI is InChI=1S/C20H28N6O8/c1-15(25-21)16-12-18(30-3)19(13-17(16)26(28)29)34-14-20(27)23-4-6-31-8-10-33-11-9-32-7-5-24-22-2/h12-13H,2,4-11,14H2,1,3H3/p+1. The van der Waals surface area contributed by atoms with E-state index in [0.717, 1.165) is 6.07 Å². The van der Waals surface area contributed by atoms with Gasteiger partial charge in [0.05, 0.1) is 62.9 Å². The average molecular weight is 481 g/mol. The summed E-state index contributed by atoms with van der Waals surface area (Å²) in [5.41, 5.74) is 8.67. The van der Waals surface area contributed by atoms with Crippen molar-refractivity contribution in [3.63, 3.8) is 0 Å². The van der Waals surface area contributed by atoms with E-state index in [2.05, 4.69) is 26.7 Å². The second-order valence-electron chi connectivity index (χ2n) is 6.44. The molecule has 0 radical (unpaired) electrons. The minimum absolute atomic E-state index is 0.00276. The molecule has 14 nitrogen and oxygen atoms in total. The van der Waals surface area contributed by atoms with E-state index < -0.39 is 10.8 Å². The summed E-state index contributed by atoms with van der Waals surface area (Å²) < 4.78 is 26.5. The molecule has 0 bridgehead atoms. The molecular weight excluding hydrogens is 452 g/mol. The molecule has 0 spiro atoms. The summed E-state index contributed by atoms with van der Waals surface area (Å²) in [6.45, 7) is 7.27. The summed E-state index contributed by atoms with van der Waals surface area (Å²) in [4.78, 5) is 29.0. The van der Waals surface area contributed by atoms with Crippen LogP contribution in [0.15, 0.2) is 17.2 Å². The summed E-state index contributed by atoms with van der Waals surface area (Å²) in [5, 5.41) is 17.6. The zero-order valence-electron chi connectivity index (χ0n) is 19.2. The van der Waals surface area contributed by atoms with Crippen LogP contribution in [0.4, 0.5) is 5.69 Å². The SMILES string of the molecule is C=[N+]=NCCOCCOCCOCCNC(=O)COc1cc([N+](=O)[O-])c(C(C)=[N+]=[N-])cc1OC. The molecule has 0 saturated heterocycles. The Bertz CT molecular complexity index is 913. The van der Waals surface area contributed by atoms with Crippen LogP contribution >= 0.6 is 0 Å². The van der Waals surface area contributed by atoms with Gasteiger partial charge in [-0.25, -0.2) is 0 Å². The number of amides is 1. The summed E-state index contributed by atoms with van der Waals surface area (Å²) in [6, 6.07) is 2.41. The van der Waals surface area contributed by atoms with Gasteiger partial charge in [0.25, 0.3) is 18.3 Å². The zero-order chi connectivity index (χ0) is 25.2. The predicted octanol–water partition coefficient (Wildman–Crippen LogP) is 0.548. The Kier molecular flexibility index (Phi) is 14.1. The molecule has 0 aromatic heterocycles. The molecule has 0 aliphatic carbocycles. The third-order valence-electron chi connectivity index (χ3n) is 4.13. The fraction of sp³-hybridized carbons (Fsp3) is 0.550. The van der Waals surface area contributed by atoms with Crippen LogP contribution in [0.3, 0.4) is 0 Å². The largest absolute Gasteiger partial charge is 0.493 e. The summed E-state index contributed by atoms with van der Waals surface area (Å²) in [7, 11) is 1.34. The van der Waals surface area contributed by atoms with E-state index in [1.165, 1.54) is 20.1 Å². The van der Waals surface area contributed by atoms with Gasteiger partial charge in [0, 0.05) is 24.3 Å². The molecular formula is C20H29N6O8+. The first-order chi connectivity index (χ1) is 16.4. The molecule has 1 aromatic rings. The monoisotopic (exact) mass is 481 g/mol. The molecule has 1 aromatic carbocycles. The fourth-order valence-corrected chi connectivity index (χ4v) is 2.49. The van der Waals surface area contributed by atoms with Crippen LogP contribution in [0, 0.1) is 10.1 Å². The summed E-state index contributed by atoms with van der Waals surface area (Å²) in [5.74, 6) is -0.297. The summed E-state index contributed by atoms with van der Waals surface area (Å²) in [6.07, 6.45) is 0. The van der Waals surface area contributed by atoms with E-state index in [-0.39, 0.29) is 48.2 Å². The lowest BCUT2D eigenvalue weighted by molar-refractivity contribution is -0.385. The first kappa shape index (κ1) is 28.4. The molecule has 0 aliphatic rings. The van der Waals surface area contributed by atoms with Gasteiger partial charge >= 0.3 is 5.71 Å². The van der Waals surface area contributed by atoms with Gasteiger partial charge in [-0.15, -0.1) is 0 Å². The Morgan fingerprint density at radius 1 is 1.15 bits per heavy atom. The number of nitro groups is 1. The van der Waals surface area contributed by atoms with Gasteiger partial charge in [0.1, 0.15) is 12.1 Å². The van der Waals surface area contributed by atoms with Gasteiger partial charge in [-0.05, 0) is 0 Å². The van der Waals surface area contributed by atoms with E-state index in [9.17, 15) is 14.9 Å². The third kappa shape index (κ3) is 10.8. The molecule has 0 fully saturated rings. The second-order valence-corrected chi connectivity index (χ2v) is 6.44. The van der Waals surface area contributed by atoms with Crippen LogP contribution in [0.1, 0.15) is 12.5 Å². The molecule has 34 heavy (non-hydrogen) atoms. The number of nitrogens with one attached hydrogen (secondary N) is 1. The maximum Gasteiger partial charge on any atom is 0.303 e. The number of benzene rings is 1. The van der Waals surface area contributed by atoms with Crippen molar-refractivity contribution in [3.05, 3.63) is 33.3 Å². The van der Waals surface area contributed by atoms with Crippen molar-refractivity contribution >= 4 is 24.0 Å². The number of carbonyl (C=O) groups is 1. The number of ether oxygens (including phenoxy) is 5. The molecule has 14 heteroatoms. The van der Waals surface area contributed by atoms with E-state index in [1.807, 2.05) is 0 Å². The minimum Gasteiger partial charge on any atom is -0.493 e. The highest BCUT2D eigenvalue weighted by Gasteiger charge is 2.25. The van der Waals surface area contributed by atoms with Crippen LogP contribution < -0.4 is 14.8 Å². The predicted molar refractivity (Wildman–Crippen MR) is 119 cm³/mol. The third-order valence-corrected chi connectivity index (χ3v) is 4.13. The van der Waals surface area contributed by atoms with Crippen molar-refractivity contribution in [1.29, 1.82) is 0 Å². The normalized spacial score (nSPS) is 10.1. The maximum absolute atomic E-state index is 12.0. The van der Waals surface area contributed by atoms with E-state index >= 15 is 0 Å². The molecule has 0 saturated carbocycles. The van der Waals surface area contributed by atoms with Gasteiger partial charge in [-0.3, -0.25) is 14.9 Å². The van der Waals surface area contributed by atoms with Crippen molar-refractivity contribution in [2.24, 2.45) is 5.11 Å². The van der Waals surface area contributed by atoms with E-state index in [0.29, 0.717) is 39.6 Å². The Hall–Kier alpha value is -3.67. The number of nitrogens with zero attached hydrogens (tertiary/aromatic N) is 5. The highest BCUT2D eigenvalue weighted by Crippen LogP contribution is 2.34. The second kappa shape index (κ2) is 16.9. The number of rotatable bonds is 18. The highest BCUT2D eigenvalue weighted by atomic mass is 16.6. The quantitative estimate of drug-likeness (QED) is 0.0787. The first-order valence-corrected chi connectivity index (χ1v) is 10.2. The van der Waals surface area contributed by atoms with Crippen molar-refractivity contribution in [2.45, 2.75) is 6.92 Å². The van der Waals surface area contributed by atoms with Crippen molar-refractivity contribution in [2.75, 3.05) is 66.4 Å². The average Bonchev–Trinajstić information content (AvgIpc) is 2.84. The topological polar surface area (TPSA) is 181 Å². The number of hydrogen-bond donors (Lipinski definition) is 1. The smallest absolute Gasteiger partial charge is 0.303 e. The molecule has 0 atom stereocenters. The lowest BCUT2D eigenvalue weighted by Gasteiger charge is -2.12. The molecule has 1 N–H and O–H groups in total. The van der Waals surface area contributed by atoms with Crippen LogP contribution in [0.25, 0.3) is 5.53 Å². The van der Waals surface area contributed by atoms with Crippen molar-refractivity contribution in [3.8, 4) is 11.5 Å². The van der Waals surface area contributed by atoms with Gasteiger partial charge in [-0.2, -0.15) is 4.79 Å². The Morgan fingerprint density at radius 2 is 1.79 bits per heavy atom. The van der Waals surface area contributed by atoms with Crippen LogP contribution in [-0.4, -0.2) is 99.3 Å². The number of hydrogen-bond acceptors (Lipinski definition) is 9. The van der Waals surface area contributed by atoms with E-state index in [4.69, 9.17) is 29.2 Å². The molecule has 0 heterocycles. The Morgan fingerprint density at radius 3 is 2.38 bits per heavy atom. The lowest BCUT2D eigenvalue weighted by Crippen LogP contribution is -2.32. The van der Waals surface area contributed by atoms with Crippen molar-refractivity contribution < 1.29 is 43.0 Å². The molecule has 1 amide bonds. The highest BCUT2D eigenvalue weighted by molar-refractivity contribution is 5.99. The van der Waals surface area contributed by atoms with Gasteiger partial charge in [0.15, 0.2) is 18.1 Å². The summed E-state index contributed by atoms with van der Waals surface area (Å²) >= 11 is 0. The van der Waals surface area contributed by atoms with E-state index in [1.54, 1.807) is 0 Å². The molecule has 0 aliphatic heterocycles. The van der Waals surface area contributed by atoms with Crippen LogP contribution in [0.5, 0.6) is 11.5 Å². The van der Waals surface area contributed by atoms with Crippen LogP contribution in [0.2, 0.25) is 0 Å². The number of methoxy groups -OCH3 is 1. The van der Waals surface area contributed by atoms with Gasteiger partial charge < -0.3 is 34.5 Å². The number of carbonyl (C=O) groups excluding carboxylic acids is 1. The van der Waals surface area contributed by atoms with Gasteiger partial charge in [-0.1, -0.05) is 0 Å². The van der Waals surface area contributed by atoms with Crippen molar-refractivity contribution in [1.82, 2.24) is 5.32 Å². The Balaban J connectivity index is 2.31. The molecule has 1 rings (SSSR count). The molecule has 0 unspecified atom stereocenters. The number of nitro benzene ring substituents is 1. The maximum atomic E-state index is 12.0. The fourth-order valence-electron chi connectivity index (χ4n) is 2.49. The minimum atomic E-state index is -0.650. The first-order valence-electron chi connectivity index (χ1n) is 10.2. The van der Waals surface area contributed by atoms with Crippen LogP contribution in [-0.2, 0) is 19.0 Å². The zero-order valence-corrected chi connectivity index (χ0v) is 19.2. The Labute approximate surface area is 196 Å². The lowest BCUT2D eigenvalue weighted by atomic mass is 10.1. The molecule has 186 valence electrons.